The van der Waals surface area contributed by atoms with Crippen molar-refractivity contribution in [2.45, 2.75) is 51.5 Å². The molecule has 0 radical (unpaired) electrons. The molecule has 0 bridgehead atoms. The summed E-state index contributed by atoms with van der Waals surface area (Å²) < 4.78 is 0. The largest absolute Gasteiger partial charge is 0.356 e. The lowest BCUT2D eigenvalue weighted by molar-refractivity contribution is -0.126. The average molecular weight is 387 g/mol. The lowest BCUT2D eigenvalue weighted by atomic mass is 9.97. The molecule has 2 N–H and O–H groups in total. The Balaban J connectivity index is 1.38. The van der Waals surface area contributed by atoms with Gasteiger partial charge in [-0.1, -0.05) is 24.6 Å². The number of benzene rings is 1. The van der Waals surface area contributed by atoms with Crippen LogP contribution in [0.4, 0.5) is 10.5 Å². The van der Waals surface area contributed by atoms with Crippen molar-refractivity contribution in [3.05, 3.63) is 30.3 Å². The molecule has 2 aliphatic heterocycles. The van der Waals surface area contributed by atoms with Crippen LogP contribution in [0.5, 0.6) is 0 Å². The molecule has 6 nitrogen and oxygen atoms in total. The van der Waals surface area contributed by atoms with E-state index in [1.54, 1.807) is 4.90 Å². The number of urea groups is 1. The Morgan fingerprint density at radius 2 is 1.89 bits per heavy atom. The molecule has 28 heavy (non-hydrogen) atoms. The maximum absolute atomic E-state index is 12.6. The second kappa shape index (κ2) is 10.5. The number of likely N-dealkylation sites (tertiary alicyclic amines) is 2. The van der Waals surface area contributed by atoms with E-state index in [1.165, 1.54) is 25.8 Å². The number of rotatable bonds is 6. The van der Waals surface area contributed by atoms with Crippen LogP contribution in [0.1, 0.15) is 45.4 Å². The van der Waals surface area contributed by atoms with Crippen molar-refractivity contribution in [3.8, 4) is 0 Å². The molecule has 3 amide bonds. The summed E-state index contributed by atoms with van der Waals surface area (Å²) in [7, 11) is 0. The molecule has 3 rings (SSSR count). The fourth-order valence-corrected chi connectivity index (χ4v) is 4.23. The number of anilines is 1. The first kappa shape index (κ1) is 20.6. The summed E-state index contributed by atoms with van der Waals surface area (Å²) in [5.74, 6) is -0.0203. The van der Waals surface area contributed by atoms with Gasteiger partial charge in [0.05, 0.1) is 5.92 Å². The van der Waals surface area contributed by atoms with Gasteiger partial charge in [-0.25, -0.2) is 4.79 Å². The quantitative estimate of drug-likeness (QED) is 0.737. The Labute approximate surface area is 168 Å². The average Bonchev–Trinajstić information content (AvgIpc) is 2.73. The maximum Gasteiger partial charge on any atom is 0.321 e. The summed E-state index contributed by atoms with van der Waals surface area (Å²) in [5, 5.41) is 6.01. The van der Waals surface area contributed by atoms with Crippen molar-refractivity contribution in [2.75, 3.05) is 38.0 Å². The van der Waals surface area contributed by atoms with Crippen LogP contribution in [0.25, 0.3) is 0 Å². The Morgan fingerprint density at radius 1 is 1.07 bits per heavy atom. The molecule has 2 fully saturated rings. The van der Waals surface area contributed by atoms with Crippen molar-refractivity contribution in [1.29, 1.82) is 0 Å². The van der Waals surface area contributed by atoms with E-state index in [2.05, 4.69) is 22.5 Å². The SMILES string of the molecule is C[C@H]1CCCCN1CCCNC(=O)[C@@H]1CCCN(C(=O)Nc2ccccc2)C1. The highest BCUT2D eigenvalue weighted by atomic mass is 16.2. The highest BCUT2D eigenvalue weighted by Crippen LogP contribution is 2.19. The first-order valence-electron chi connectivity index (χ1n) is 10.8. The number of hydrogen-bond acceptors (Lipinski definition) is 3. The summed E-state index contributed by atoms with van der Waals surface area (Å²) in [4.78, 5) is 29.3. The number of carbonyl (C=O) groups excluding carboxylic acids is 2. The number of amides is 3. The van der Waals surface area contributed by atoms with Crippen LogP contribution in [0.3, 0.4) is 0 Å². The van der Waals surface area contributed by atoms with E-state index in [4.69, 9.17) is 0 Å². The summed E-state index contributed by atoms with van der Waals surface area (Å²) in [6.07, 6.45) is 6.62. The maximum atomic E-state index is 12.6. The Hall–Kier alpha value is -2.08. The van der Waals surface area contributed by atoms with Crippen LogP contribution in [-0.2, 0) is 4.79 Å². The number of hydrogen-bond donors (Lipinski definition) is 2. The van der Waals surface area contributed by atoms with Crippen molar-refractivity contribution in [2.24, 2.45) is 5.92 Å². The van der Waals surface area contributed by atoms with E-state index in [0.717, 1.165) is 38.0 Å². The van der Waals surface area contributed by atoms with E-state index in [1.807, 2.05) is 30.3 Å². The van der Waals surface area contributed by atoms with Gasteiger partial charge in [0.1, 0.15) is 0 Å². The monoisotopic (exact) mass is 386 g/mol. The molecule has 6 heteroatoms. The Kier molecular flexibility index (Phi) is 7.71. The third-order valence-electron chi connectivity index (χ3n) is 5.97. The minimum Gasteiger partial charge on any atom is -0.356 e. The van der Waals surface area contributed by atoms with E-state index < -0.39 is 0 Å². The molecule has 0 unspecified atom stereocenters. The van der Waals surface area contributed by atoms with Crippen LogP contribution in [0, 0.1) is 5.92 Å². The van der Waals surface area contributed by atoms with E-state index >= 15 is 0 Å². The van der Waals surface area contributed by atoms with Crippen LogP contribution < -0.4 is 10.6 Å². The molecule has 0 aliphatic carbocycles. The number of nitrogens with zero attached hydrogens (tertiary/aromatic N) is 2. The Bertz CT molecular complexity index is 637. The molecule has 2 heterocycles. The fraction of sp³-hybridized carbons (Fsp3) is 0.636. The third kappa shape index (κ3) is 5.96. The molecule has 1 aromatic carbocycles. The molecule has 0 aromatic heterocycles. The molecular weight excluding hydrogens is 352 g/mol. The van der Waals surface area contributed by atoms with Crippen LogP contribution in [0.2, 0.25) is 0 Å². The van der Waals surface area contributed by atoms with Gasteiger partial charge in [-0.05, 0) is 57.7 Å². The highest BCUT2D eigenvalue weighted by Gasteiger charge is 2.28. The minimum atomic E-state index is -0.122. The van der Waals surface area contributed by atoms with Gasteiger partial charge in [0.25, 0.3) is 0 Å². The summed E-state index contributed by atoms with van der Waals surface area (Å²) in [6.45, 7) is 6.45. The van der Waals surface area contributed by atoms with E-state index in [0.29, 0.717) is 19.1 Å². The van der Waals surface area contributed by atoms with Crippen LogP contribution in [-0.4, -0.2) is 60.5 Å². The lowest BCUT2D eigenvalue weighted by Gasteiger charge is -2.33. The van der Waals surface area contributed by atoms with Gasteiger partial charge in [-0.15, -0.1) is 0 Å². The molecule has 2 saturated heterocycles. The molecule has 2 aliphatic rings. The van der Waals surface area contributed by atoms with Crippen LogP contribution >= 0.6 is 0 Å². The molecule has 0 spiro atoms. The number of carbonyl (C=O) groups is 2. The van der Waals surface area contributed by atoms with Gasteiger partial charge in [0, 0.05) is 37.9 Å². The third-order valence-corrected chi connectivity index (χ3v) is 5.97. The second-order valence-electron chi connectivity index (χ2n) is 8.11. The zero-order valence-corrected chi connectivity index (χ0v) is 17.0. The van der Waals surface area contributed by atoms with Gasteiger partial charge in [0.2, 0.25) is 5.91 Å². The molecule has 2 atom stereocenters. The molecule has 154 valence electrons. The normalized spacial score (nSPS) is 23.2. The summed E-state index contributed by atoms with van der Waals surface area (Å²) in [6, 6.07) is 9.99. The number of nitrogens with one attached hydrogen (secondary N) is 2. The minimum absolute atomic E-state index is 0.0869. The first-order valence-corrected chi connectivity index (χ1v) is 10.8. The van der Waals surface area contributed by atoms with Gasteiger partial charge < -0.3 is 20.4 Å². The predicted molar refractivity (Wildman–Crippen MR) is 112 cm³/mol. The zero-order chi connectivity index (χ0) is 19.8. The van der Waals surface area contributed by atoms with Gasteiger partial charge >= 0.3 is 6.03 Å². The number of para-hydroxylation sites is 1. The smallest absolute Gasteiger partial charge is 0.321 e. The van der Waals surface area contributed by atoms with Crippen molar-refractivity contribution < 1.29 is 9.59 Å². The zero-order valence-electron chi connectivity index (χ0n) is 17.0. The number of piperidine rings is 2. The van der Waals surface area contributed by atoms with Gasteiger partial charge in [-0.2, -0.15) is 0 Å². The topological polar surface area (TPSA) is 64.7 Å². The molecule has 1 aromatic rings. The van der Waals surface area contributed by atoms with E-state index in [-0.39, 0.29) is 17.9 Å². The first-order chi connectivity index (χ1) is 13.6. The van der Waals surface area contributed by atoms with Crippen molar-refractivity contribution in [3.63, 3.8) is 0 Å². The van der Waals surface area contributed by atoms with Crippen molar-refractivity contribution >= 4 is 17.6 Å². The standard InChI is InChI=1S/C22H34N4O2/c1-18-9-5-6-14-25(18)16-8-13-23-21(27)19-10-7-15-26(17-19)22(28)24-20-11-3-2-4-12-20/h2-4,11-12,18-19H,5-10,13-17H2,1H3,(H,23,27)(H,24,28)/t18-,19+/m0/s1. The highest BCUT2D eigenvalue weighted by molar-refractivity contribution is 5.90. The van der Waals surface area contributed by atoms with Gasteiger partial charge in [-0.3, -0.25) is 4.79 Å². The predicted octanol–water partition coefficient (Wildman–Crippen LogP) is 3.31. The van der Waals surface area contributed by atoms with E-state index in [9.17, 15) is 9.59 Å². The summed E-state index contributed by atoms with van der Waals surface area (Å²) in [5.41, 5.74) is 0.783. The summed E-state index contributed by atoms with van der Waals surface area (Å²) >= 11 is 0. The molecular formula is C22H34N4O2. The Morgan fingerprint density at radius 3 is 2.68 bits per heavy atom. The van der Waals surface area contributed by atoms with Crippen LogP contribution in [0.15, 0.2) is 30.3 Å². The van der Waals surface area contributed by atoms with Crippen molar-refractivity contribution in [1.82, 2.24) is 15.1 Å². The fourth-order valence-electron chi connectivity index (χ4n) is 4.23. The molecule has 0 saturated carbocycles. The second-order valence-corrected chi connectivity index (χ2v) is 8.11. The van der Waals surface area contributed by atoms with Gasteiger partial charge in [0.15, 0.2) is 0 Å². The lowest BCUT2D eigenvalue weighted by Crippen LogP contribution is -2.47.